The number of rotatable bonds is 9. The Kier molecular flexibility index (Phi) is 10.9. The minimum atomic E-state index is -1.57. The highest BCUT2D eigenvalue weighted by molar-refractivity contribution is 5.81. The first-order chi connectivity index (χ1) is 16.8. The van der Waals surface area contributed by atoms with Crippen molar-refractivity contribution < 1.29 is 47.6 Å². The molecule has 1 rings (SSSR count). The summed E-state index contributed by atoms with van der Waals surface area (Å²) in [5.41, 5.74) is 3.58. The van der Waals surface area contributed by atoms with Gasteiger partial charge in [-0.3, -0.25) is 9.59 Å². The number of carbonyl (C=O) groups is 4. The van der Waals surface area contributed by atoms with E-state index in [0.29, 0.717) is 5.56 Å². The van der Waals surface area contributed by atoms with E-state index >= 15 is 0 Å². The van der Waals surface area contributed by atoms with Crippen molar-refractivity contribution >= 4 is 24.2 Å². The number of methoxy groups -OCH3 is 1. The van der Waals surface area contributed by atoms with Crippen LogP contribution in [0.3, 0.4) is 0 Å². The molecule has 0 aliphatic heterocycles. The average Bonchev–Trinajstić information content (AvgIpc) is 2.72. The van der Waals surface area contributed by atoms with Crippen LogP contribution in [-0.2, 0) is 35.0 Å². The first kappa shape index (κ1) is 31.7. The Hall–Kier alpha value is -3.34. The number of esters is 2. The number of nitrogens with two attached hydrogens (primary N) is 1. The third-order valence-corrected chi connectivity index (χ3v) is 4.55. The Morgan fingerprint density at radius 3 is 1.84 bits per heavy atom. The molecule has 0 aliphatic carbocycles. The van der Waals surface area contributed by atoms with Gasteiger partial charge in [-0.15, -0.1) is 0 Å². The minimum absolute atomic E-state index is 0.0312. The summed E-state index contributed by atoms with van der Waals surface area (Å²) in [6.45, 7) is 13.3. The molecule has 0 bridgehead atoms. The van der Waals surface area contributed by atoms with Gasteiger partial charge in [0.2, 0.25) is 0 Å². The summed E-state index contributed by atoms with van der Waals surface area (Å²) >= 11 is 0. The highest BCUT2D eigenvalue weighted by atomic mass is 16.8. The van der Waals surface area contributed by atoms with Gasteiger partial charge in [0.1, 0.15) is 16.7 Å². The first-order valence-electron chi connectivity index (χ1n) is 11.8. The molecule has 0 saturated carbocycles. The van der Waals surface area contributed by atoms with Crippen LogP contribution in [0.15, 0.2) is 18.2 Å². The standard InChI is InChI=1S/C26H39NO10/c1-16(2)20(28)33-13-12-26(27,21(29)32-9)15-17-10-11-18(34-22(30)36-24(3,4)5)19(14-17)35-23(31)37-25(6,7)8/h10-11,14,16H,12-13,15,27H2,1-9H3/t26-/m1/s1. The number of hydrogen-bond acceptors (Lipinski definition) is 11. The van der Waals surface area contributed by atoms with Crippen molar-refractivity contribution in [1.29, 1.82) is 0 Å². The molecule has 0 amide bonds. The predicted octanol–water partition coefficient (Wildman–Crippen LogP) is 4.32. The molecule has 37 heavy (non-hydrogen) atoms. The molecule has 0 aliphatic rings. The summed E-state index contributed by atoms with van der Waals surface area (Å²) in [6, 6.07) is 4.29. The molecule has 1 atom stereocenters. The maximum atomic E-state index is 12.5. The largest absolute Gasteiger partial charge is 0.514 e. The van der Waals surface area contributed by atoms with Crippen molar-refractivity contribution in [3.63, 3.8) is 0 Å². The lowest BCUT2D eigenvalue weighted by Gasteiger charge is -2.27. The van der Waals surface area contributed by atoms with Crippen LogP contribution in [0.5, 0.6) is 11.5 Å². The van der Waals surface area contributed by atoms with E-state index in [-0.39, 0.29) is 36.9 Å². The first-order valence-corrected chi connectivity index (χ1v) is 11.8. The zero-order valence-electron chi connectivity index (χ0n) is 23.1. The fraction of sp³-hybridized carbons (Fsp3) is 0.615. The SMILES string of the molecule is COC(=O)[C@@](N)(CCOC(=O)C(C)C)Cc1ccc(OC(=O)OC(C)(C)C)c(OC(=O)OC(C)(C)C)c1. The monoisotopic (exact) mass is 525 g/mol. The molecular formula is C26H39NO10. The lowest BCUT2D eigenvalue weighted by Crippen LogP contribution is -2.51. The van der Waals surface area contributed by atoms with Crippen molar-refractivity contribution in [2.45, 2.75) is 85.0 Å². The van der Waals surface area contributed by atoms with Gasteiger partial charge in [-0.25, -0.2) is 9.59 Å². The molecule has 0 aromatic heterocycles. The van der Waals surface area contributed by atoms with Gasteiger partial charge in [-0.05, 0) is 59.2 Å². The normalized spacial score (nSPS) is 13.3. The van der Waals surface area contributed by atoms with E-state index in [1.165, 1.54) is 25.3 Å². The molecule has 0 heterocycles. The van der Waals surface area contributed by atoms with E-state index in [9.17, 15) is 19.2 Å². The van der Waals surface area contributed by atoms with Crippen molar-refractivity contribution in [2.75, 3.05) is 13.7 Å². The molecule has 11 nitrogen and oxygen atoms in total. The smallest absolute Gasteiger partial charge is 0.468 e. The van der Waals surface area contributed by atoms with Gasteiger partial charge in [0.05, 0.1) is 19.6 Å². The van der Waals surface area contributed by atoms with Gasteiger partial charge >= 0.3 is 24.2 Å². The van der Waals surface area contributed by atoms with Crippen molar-refractivity contribution in [3.8, 4) is 11.5 Å². The summed E-state index contributed by atoms with van der Waals surface area (Å²) in [7, 11) is 1.19. The van der Waals surface area contributed by atoms with Crippen LogP contribution < -0.4 is 15.2 Å². The minimum Gasteiger partial charge on any atom is -0.468 e. The van der Waals surface area contributed by atoms with Crippen LogP contribution in [0, 0.1) is 5.92 Å². The second-order valence-corrected chi connectivity index (χ2v) is 10.8. The van der Waals surface area contributed by atoms with Crippen molar-refractivity contribution in [2.24, 2.45) is 11.7 Å². The summed E-state index contributed by atoms with van der Waals surface area (Å²) in [5, 5.41) is 0. The number of benzene rings is 1. The van der Waals surface area contributed by atoms with Gasteiger partial charge in [0.25, 0.3) is 0 Å². The molecule has 1 aromatic carbocycles. The van der Waals surface area contributed by atoms with E-state index in [0.717, 1.165) is 0 Å². The molecule has 1 aromatic rings. The Morgan fingerprint density at radius 1 is 0.865 bits per heavy atom. The topological polar surface area (TPSA) is 150 Å². The van der Waals surface area contributed by atoms with Gasteiger partial charge in [-0.2, -0.15) is 0 Å². The molecule has 0 unspecified atom stereocenters. The van der Waals surface area contributed by atoms with Crippen LogP contribution in [0.2, 0.25) is 0 Å². The van der Waals surface area contributed by atoms with Crippen LogP contribution in [0.4, 0.5) is 9.59 Å². The molecule has 208 valence electrons. The lowest BCUT2D eigenvalue weighted by atomic mass is 9.88. The molecular weight excluding hydrogens is 486 g/mol. The molecule has 0 saturated heterocycles. The number of hydrogen-bond donors (Lipinski definition) is 1. The number of ether oxygens (including phenoxy) is 6. The van der Waals surface area contributed by atoms with E-state index in [4.69, 9.17) is 34.2 Å². The Balaban J connectivity index is 3.26. The van der Waals surface area contributed by atoms with Gasteiger partial charge in [0.15, 0.2) is 11.5 Å². The number of carbonyl (C=O) groups excluding carboxylic acids is 4. The molecule has 0 radical (unpaired) electrons. The second-order valence-electron chi connectivity index (χ2n) is 10.8. The maximum Gasteiger partial charge on any atom is 0.514 e. The zero-order chi connectivity index (χ0) is 28.6. The second kappa shape index (κ2) is 12.8. The summed E-state index contributed by atoms with van der Waals surface area (Å²) < 4.78 is 31.0. The van der Waals surface area contributed by atoms with E-state index in [1.807, 2.05) is 0 Å². The summed E-state index contributed by atoms with van der Waals surface area (Å²) in [4.78, 5) is 48.9. The highest BCUT2D eigenvalue weighted by Crippen LogP contribution is 2.32. The quantitative estimate of drug-likeness (QED) is 0.279. The third-order valence-electron chi connectivity index (χ3n) is 4.55. The van der Waals surface area contributed by atoms with Crippen LogP contribution in [-0.4, -0.2) is 54.7 Å². The van der Waals surface area contributed by atoms with E-state index < -0.39 is 41.0 Å². The Morgan fingerprint density at radius 2 is 1.38 bits per heavy atom. The Labute approximate surface area is 217 Å². The van der Waals surface area contributed by atoms with Gasteiger partial charge in [0, 0.05) is 12.8 Å². The van der Waals surface area contributed by atoms with E-state index in [1.54, 1.807) is 55.4 Å². The Bertz CT molecular complexity index is 975. The average molecular weight is 526 g/mol. The predicted molar refractivity (Wildman–Crippen MR) is 133 cm³/mol. The fourth-order valence-electron chi connectivity index (χ4n) is 2.88. The van der Waals surface area contributed by atoms with Crippen LogP contribution >= 0.6 is 0 Å². The fourth-order valence-corrected chi connectivity index (χ4v) is 2.88. The van der Waals surface area contributed by atoms with Crippen molar-refractivity contribution in [3.05, 3.63) is 23.8 Å². The molecule has 2 N–H and O–H groups in total. The van der Waals surface area contributed by atoms with Crippen LogP contribution in [0.25, 0.3) is 0 Å². The maximum absolute atomic E-state index is 12.5. The highest BCUT2D eigenvalue weighted by Gasteiger charge is 2.36. The molecule has 0 fully saturated rings. The summed E-state index contributed by atoms with van der Waals surface area (Å²) in [6.07, 6.45) is -2.15. The van der Waals surface area contributed by atoms with E-state index in [2.05, 4.69) is 0 Å². The summed E-state index contributed by atoms with van der Waals surface area (Å²) in [5.74, 6) is -1.76. The van der Waals surface area contributed by atoms with Gasteiger partial charge < -0.3 is 34.2 Å². The van der Waals surface area contributed by atoms with Gasteiger partial charge in [-0.1, -0.05) is 19.9 Å². The molecule has 11 heteroatoms. The molecule has 0 spiro atoms. The van der Waals surface area contributed by atoms with Crippen molar-refractivity contribution in [1.82, 2.24) is 0 Å². The zero-order valence-corrected chi connectivity index (χ0v) is 23.1. The van der Waals surface area contributed by atoms with Crippen LogP contribution in [0.1, 0.15) is 67.4 Å². The lowest BCUT2D eigenvalue weighted by molar-refractivity contribution is -0.152. The third kappa shape index (κ3) is 11.5.